The Morgan fingerprint density at radius 1 is 0.438 bits per heavy atom. The smallest absolute Gasteiger partial charge is 0.249 e. The summed E-state index contributed by atoms with van der Waals surface area (Å²) in [7, 11) is 0. The number of hydrogen-bond acceptors (Lipinski definition) is 6. The van der Waals surface area contributed by atoms with Crippen molar-refractivity contribution in [1.82, 2.24) is 0 Å². The molecule has 1 atom stereocenters. The Kier molecular flexibility index (Phi) is 14.1. The molecule has 0 fully saturated rings. The highest BCUT2D eigenvalue weighted by Gasteiger charge is 2.47. The van der Waals surface area contributed by atoms with Crippen LogP contribution >= 0.6 is 23.5 Å². The minimum atomic E-state index is -0.0130. The van der Waals surface area contributed by atoms with Gasteiger partial charge in [-0.05, 0) is 207 Å². The standard InChI is InChI=1S/C72H70B2N2O2S2/c1-10-13-22-50-29-45(5)32-53(36-50)75-62-35-47(7)30-51(23-14-11-2)70(62)74-60-42-59-65(43-66(60)80-68-41-58(39-64(75)72(68)74)78-56-26-19-16-20-27-56)79-67-40-57(77-55-24-17-15-18-25-55)38-63-71(67)73(59)69-49(9)28-44(4)34-61(69)76(63)54-33-46(6)31-52(37-54)48(8)21-12-3/h15-20,24-43,48H,10-14,21-23H2,1-9H3/t48-/m0/s1. The van der Waals surface area contributed by atoms with Gasteiger partial charge in [-0.15, -0.1) is 0 Å². The van der Waals surface area contributed by atoms with Crippen molar-refractivity contribution in [1.29, 1.82) is 0 Å². The second-order valence-corrected chi connectivity index (χ2v) is 25.4. The van der Waals surface area contributed by atoms with Gasteiger partial charge in [-0.1, -0.05) is 159 Å². The maximum Gasteiger partial charge on any atom is 0.249 e. The zero-order chi connectivity index (χ0) is 54.9. The molecular formula is C72H70B2N2O2S2. The number of hydrogen-bond donors (Lipinski definition) is 0. The Bertz CT molecular complexity index is 3900. The number of para-hydroxylation sites is 2. The van der Waals surface area contributed by atoms with Gasteiger partial charge in [0.15, 0.2) is 0 Å². The third-order valence-electron chi connectivity index (χ3n) is 17.0. The van der Waals surface area contributed by atoms with Crippen LogP contribution in [-0.4, -0.2) is 13.4 Å². The van der Waals surface area contributed by atoms with Gasteiger partial charge in [0, 0.05) is 65.8 Å². The van der Waals surface area contributed by atoms with Crippen molar-refractivity contribution in [2.24, 2.45) is 0 Å². The summed E-state index contributed by atoms with van der Waals surface area (Å²) in [6.07, 6.45) is 8.97. The van der Waals surface area contributed by atoms with E-state index in [4.69, 9.17) is 9.47 Å². The van der Waals surface area contributed by atoms with Crippen molar-refractivity contribution in [2.45, 2.75) is 139 Å². The highest BCUT2D eigenvalue weighted by molar-refractivity contribution is 8.01. The topological polar surface area (TPSA) is 24.9 Å². The van der Waals surface area contributed by atoms with Crippen LogP contribution in [0.4, 0.5) is 34.1 Å². The van der Waals surface area contributed by atoms with Gasteiger partial charge in [0.25, 0.3) is 0 Å². The van der Waals surface area contributed by atoms with Crippen LogP contribution in [0.15, 0.2) is 177 Å². The molecule has 0 unspecified atom stereocenters. The third kappa shape index (κ3) is 9.44. The van der Waals surface area contributed by atoms with E-state index in [0.717, 1.165) is 74.4 Å². The molecule has 9 aromatic rings. The first-order valence-electron chi connectivity index (χ1n) is 29.4. The molecule has 0 aromatic heterocycles. The van der Waals surface area contributed by atoms with Crippen molar-refractivity contribution in [3.05, 3.63) is 202 Å². The van der Waals surface area contributed by atoms with Crippen LogP contribution in [0.3, 0.4) is 0 Å². The summed E-state index contributed by atoms with van der Waals surface area (Å²) in [6.45, 7) is 20.8. The molecule has 8 heteroatoms. The molecule has 398 valence electrons. The largest absolute Gasteiger partial charge is 0.457 e. The van der Waals surface area contributed by atoms with E-state index in [9.17, 15) is 0 Å². The Labute approximate surface area is 484 Å². The van der Waals surface area contributed by atoms with Crippen LogP contribution in [0.25, 0.3) is 0 Å². The van der Waals surface area contributed by atoms with E-state index < -0.39 is 0 Å². The number of nitrogens with zero attached hydrogens (tertiary/aromatic N) is 2. The number of unbranched alkanes of at least 4 members (excludes halogenated alkanes) is 2. The molecule has 13 rings (SSSR count). The quantitative estimate of drug-likeness (QED) is 0.0949. The first-order chi connectivity index (χ1) is 38.9. The lowest BCUT2D eigenvalue weighted by molar-refractivity contribution is 0.481. The van der Waals surface area contributed by atoms with Crippen LogP contribution in [0, 0.1) is 34.6 Å². The summed E-state index contributed by atoms with van der Waals surface area (Å²) in [6, 6.07) is 59.6. The van der Waals surface area contributed by atoms with E-state index in [1.54, 1.807) is 0 Å². The first kappa shape index (κ1) is 52.4. The van der Waals surface area contributed by atoms with Crippen LogP contribution in [0.1, 0.15) is 117 Å². The minimum Gasteiger partial charge on any atom is -0.457 e. The summed E-state index contributed by atoms with van der Waals surface area (Å²) < 4.78 is 13.8. The molecule has 9 aromatic carbocycles. The second kappa shape index (κ2) is 21.5. The van der Waals surface area contributed by atoms with Gasteiger partial charge in [-0.3, -0.25) is 0 Å². The van der Waals surface area contributed by atoms with Crippen molar-refractivity contribution in [2.75, 3.05) is 9.80 Å². The number of fused-ring (bicyclic) bond motifs is 8. The highest BCUT2D eigenvalue weighted by Crippen LogP contribution is 2.49. The van der Waals surface area contributed by atoms with E-state index in [-0.39, 0.29) is 13.4 Å². The predicted molar refractivity (Wildman–Crippen MR) is 344 cm³/mol. The molecule has 0 radical (unpaired) electrons. The number of ether oxygens (including phenoxy) is 2. The molecule has 0 N–H and O–H groups in total. The average Bonchev–Trinajstić information content (AvgIpc) is 1.86. The first-order valence-corrected chi connectivity index (χ1v) is 31.0. The Hall–Kier alpha value is -6.99. The number of rotatable bonds is 15. The summed E-state index contributed by atoms with van der Waals surface area (Å²) in [5.41, 5.74) is 26.3. The zero-order valence-corrected chi connectivity index (χ0v) is 49.6. The Balaban J connectivity index is 1.06. The molecule has 4 aliphatic heterocycles. The minimum absolute atomic E-state index is 0.00239. The lowest BCUT2D eigenvalue weighted by atomic mass is 9.31. The monoisotopic (exact) mass is 1080 g/mol. The summed E-state index contributed by atoms with van der Waals surface area (Å²) >= 11 is 3.83. The van der Waals surface area contributed by atoms with E-state index in [1.165, 1.54) is 131 Å². The van der Waals surface area contributed by atoms with Crippen molar-refractivity contribution >= 4 is 104 Å². The van der Waals surface area contributed by atoms with Gasteiger partial charge in [-0.25, -0.2) is 0 Å². The van der Waals surface area contributed by atoms with Crippen LogP contribution < -0.4 is 52.1 Å². The lowest BCUT2D eigenvalue weighted by Crippen LogP contribution is -2.64. The van der Waals surface area contributed by atoms with E-state index in [2.05, 4.69) is 230 Å². The average molecular weight is 1080 g/mol. The summed E-state index contributed by atoms with van der Waals surface area (Å²) in [5.74, 6) is 3.80. The molecule has 80 heavy (non-hydrogen) atoms. The van der Waals surface area contributed by atoms with Gasteiger partial charge in [0.2, 0.25) is 13.4 Å². The van der Waals surface area contributed by atoms with E-state index >= 15 is 0 Å². The van der Waals surface area contributed by atoms with Crippen molar-refractivity contribution < 1.29 is 9.47 Å². The number of anilines is 6. The van der Waals surface area contributed by atoms with E-state index in [0.29, 0.717) is 5.92 Å². The molecular weight excluding hydrogens is 1010 g/mol. The predicted octanol–water partition coefficient (Wildman–Crippen LogP) is 16.9. The maximum atomic E-state index is 6.91. The fourth-order valence-electron chi connectivity index (χ4n) is 13.6. The lowest BCUT2D eigenvalue weighted by Gasteiger charge is -2.43. The molecule has 4 nitrogen and oxygen atoms in total. The summed E-state index contributed by atoms with van der Waals surface area (Å²) in [4.78, 5) is 10.3. The summed E-state index contributed by atoms with van der Waals surface area (Å²) in [5, 5.41) is 0. The third-order valence-corrected chi connectivity index (χ3v) is 19.3. The van der Waals surface area contributed by atoms with Gasteiger partial charge < -0.3 is 19.3 Å². The van der Waals surface area contributed by atoms with E-state index in [1.807, 2.05) is 23.5 Å². The molecule has 4 aliphatic rings. The molecule has 0 aliphatic carbocycles. The van der Waals surface area contributed by atoms with Crippen molar-refractivity contribution in [3.63, 3.8) is 0 Å². The SMILES string of the molecule is CCCCc1cc(C)cc(N2c3cc(C)cc(CCCC)c3B3c4cc5c(cc4Sc4cc(Oc6ccccc6)cc2c43)Sc2cc(Oc3ccccc3)cc3c2B5c2c(C)cc(C)cc2N3c2cc(C)cc([C@@H](C)CCC)c2)c1. The van der Waals surface area contributed by atoms with Gasteiger partial charge >= 0.3 is 0 Å². The zero-order valence-electron chi connectivity index (χ0n) is 47.9. The second-order valence-electron chi connectivity index (χ2n) is 23.3. The van der Waals surface area contributed by atoms with Gasteiger partial charge in [0.1, 0.15) is 23.0 Å². The van der Waals surface area contributed by atoms with Gasteiger partial charge in [0.05, 0.1) is 0 Å². The van der Waals surface area contributed by atoms with Crippen LogP contribution in [-0.2, 0) is 12.8 Å². The molecule has 0 spiro atoms. The van der Waals surface area contributed by atoms with Crippen LogP contribution in [0.2, 0.25) is 0 Å². The molecule has 0 saturated carbocycles. The van der Waals surface area contributed by atoms with Crippen LogP contribution in [0.5, 0.6) is 23.0 Å². The molecule has 0 bridgehead atoms. The number of aryl methyl sites for hydroxylation is 7. The number of benzene rings is 9. The molecule has 0 amide bonds. The fourth-order valence-corrected chi connectivity index (χ4v) is 16.1. The Morgan fingerprint density at radius 3 is 1.54 bits per heavy atom. The molecule has 4 heterocycles. The fraction of sp³-hybridized carbons (Fsp3) is 0.250. The highest BCUT2D eigenvalue weighted by atomic mass is 32.2. The normalized spacial score (nSPS) is 13.7. The molecule has 0 saturated heterocycles. The Morgan fingerprint density at radius 2 is 0.950 bits per heavy atom. The maximum absolute atomic E-state index is 6.91. The van der Waals surface area contributed by atoms with Crippen molar-refractivity contribution in [3.8, 4) is 23.0 Å². The van der Waals surface area contributed by atoms with Gasteiger partial charge in [-0.2, -0.15) is 0 Å².